The van der Waals surface area contributed by atoms with Gasteiger partial charge in [-0.1, -0.05) is 12.0 Å². The number of aromatic nitrogens is 3. The standard InChI is InChI=1S/C16H18ClN5O4S/c1-2-8-25-15-20-19-14(27-15)22-12(10-21(7-5-17)16(22)24)26-13(23)11-4-3-6-18-9-11/h3-4,6,9,12H,2,5,7-8,10H2,1H3. The molecule has 3 heterocycles. The average Bonchev–Trinajstić information content (AvgIpc) is 3.26. The van der Waals surface area contributed by atoms with Crippen molar-refractivity contribution in [3.05, 3.63) is 30.1 Å². The van der Waals surface area contributed by atoms with Gasteiger partial charge in [0.05, 0.1) is 18.7 Å². The van der Waals surface area contributed by atoms with E-state index in [1.165, 1.54) is 16.0 Å². The van der Waals surface area contributed by atoms with E-state index in [1.807, 2.05) is 6.92 Å². The first-order valence-corrected chi connectivity index (χ1v) is 9.70. The highest BCUT2D eigenvalue weighted by Crippen LogP contribution is 2.32. The van der Waals surface area contributed by atoms with Crippen LogP contribution in [0.2, 0.25) is 0 Å². The Labute approximate surface area is 164 Å². The molecule has 2 aromatic heterocycles. The first-order chi connectivity index (χ1) is 13.1. The van der Waals surface area contributed by atoms with E-state index in [9.17, 15) is 9.59 Å². The molecule has 9 nitrogen and oxygen atoms in total. The van der Waals surface area contributed by atoms with E-state index in [2.05, 4.69) is 15.2 Å². The Kier molecular flexibility index (Phi) is 6.40. The van der Waals surface area contributed by atoms with Gasteiger partial charge in [0, 0.05) is 24.8 Å². The molecule has 27 heavy (non-hydrogen) atoms. The highest BCUT2D eigenvalue weighted by Gasteiger charge is 2.42. The van der Waals surface area contributed by atoms with Crippen LogP contribution in [0.15, 0.2) is 24.5 Å². The van der Waals surface area contributed by atoms with Crippen molar-refractivity contribution in [3.63, 3.8) is 0 Å². The average molecular weight is 412 g/mol. The van der Waals surface area contributed by atoms with E-state index in [0.717, 1.165) is 17.8 Å². The number of ether oxygens (including phenoxy) is 2. The minimum absolute atomic E-state index is 0.183. The summed E-state index contributed by atoms with van der Waals surface area (Å²) in [5, 5.41) is 8.60. The number of anilines is 1. The van der Waals surface area contributed by atoms with Crippen molar-refractivity contribution in [2.75, 3.05) is 30.5 Å². The zero-order valence-corrected chi connectivity index (χ0v) is 16.1. The molecule has 1 atom stereocenters. The first kappa shape index (κ1) is 19.3. The predicted molar refractivity (Wildman–Crippen MR) is 99.3 cm³/mol. The molecule has 1 aliphatic rings. The van der Waals surface area contributed by atoms with E-state index in [1.54, 1.807) is 18.3 Å². The lowest BCUT2D eigenvalue weighted by Crippen LogP contribution is -2.37. The zero-order valence-electron chi connectivity index (χ0n) is 14.6. The number of esters is 1. The number of rotatable bonds is 8. The van der Waals surface area contributed by atoms with Crippen LogP contribution in [-0.4, -0.2) is 63.9 Å². The summed E-state index contributed by atoms with van der Waals surface area (Å²) < 4.78 is 11.0. The fraction of sp³-hybridized carbons (Fsp3) is 0.438. The van der Waals surface area contributed by atoms with E-state index >= 15 is 0 Å². The van der Waals surface area contributed by atoms with Gasteiger partial charge in [-0.15, -0.1) is 16.7 Å². The van der Waals surface area contributed by atoms with Crippen LogP contribution >= 0.6 is 22.9 Å². The Morgan fingerprint density at radius 1 is 1.44 bits per heavy atom. The third-order valence-corrected chi connectivity index (χ3v) is 4.67. The van der Waals surface area contributed by atoms with Crippen molar-refractivity contribution < 1.29 is 19.1 Å². The van der Waals surface area contributed by atoms with Gasteiger partial charge in [0.25, 0.3) is 5.19 Å². The van der Waals surface area contributed by atoms with Crippen LogP contribution in [-0.2, 0) is 4.74 Å². The fourth-order valence-electron chi connectivity index (χ4n) is 2.43. The zero-order chi connectivity index (χ0) is 19.2. The van der Waals surface area contributed by atoms with Gasteiger partial charge in [0.15, 0.2) is 0 Å². The van der Waals surface area contributed by atoms with Crippen molar-refractivity contribution in [2.24, 2.45) is 0 Å². The monoisotopic (exact) mass is 411 g/mol. The van der Waals surface area contributed by atoms with Crippen LogP contribution in [0.1, 0.15) is 23.7 Å². The summed E-state index contributed by atoms with van der Waals surface area (Å²) in [5.74, 6) is -0.310. The maximum absolute atomic E-state index is 12.7. The summed E-state index contributed by atoms with van der Waals surface area (Å²) >= 11 is 6.90. The second-order valence-corrected chi connectivity index (χ2v) is 6.88. The molecule has 144 valence electrons. The molecule has 2 amide bonds. The predicted octanol–water partition coefficient (Wildman–Crippen LogP) is 2.39. The summed E-state index contributed by atoms with van der Waals surface area (Å²) in [4.78, 5) is 31.8. The lowest BCUT2D eigenvalue weighted by Gasteiger charge is -2.19. The van der Waals surface area contributed by atoms with Gasteiger partial charge < -0.3 is 14.4 Å². The number of urea groups is 1. The highest BCUT2D eigenvalue weighted by molar-refractivity contribution is 7.17. The van der Waals surface area contributed by atoms with Crippen LogP contribution in [0.25, 0.3) is 0 Å². The van der Waals surface area contributed by atoms with Crippen LogP contribution < -0.4 is 9.64 Å². The molecule has 3 rings (SSSR count). The largest absolute Gasteiger partial charge is 0.469 e. The second kappa shape index (κ2) is 8.96. The molecule has 11 heteroatoms. The van der Waals surface area contributed by atoms with Gasteiger partial charge in [-0.25, -0.2) is 14.5 Å². The van der Waals surface area contributed by atoms with Crippen molar-refractivity contribution in [3.8, 4) is 5.19 Å². The summed E-state index contributed by atoms with van der Waals surface area (Å²) in [6.45, 7) is 2.99. The molecule has 0 spiro atoms. The van der Waals surface area contributed by atoms with Crippen molar-refractivity contribution in [1.29, 1.82) is 0 Å². The van der Waals surface area contributed by atoms with Crippen molar-refractivity contribution in [2.45, 2.75) is 19.6 Å². The van der Waals surface area contributed by atoms with Gasteiger partial charge in [-0.2, -0.15) is 0 Å². The Hall–Kier alpha value is -2.46. The maximum atomic E-state index is 12.7. The minimum Gasteiger partial charge on any atom is -0.469 e. The van der Waals surface area contributed by atoms with Gasteiger partial charge >= 0.3 is 12.0 Å². The third-order valence-electron chi connectivity index (χ3n) is 3.67. The van der Waals surface area contributed by atoms with E-state index < -0.39 is 12.2 Å². The summed E-state index contributed by atoms with van der Waals surface area (Å²) in [7, 11) is 0. The molecule has 1 aliphatic heterocycles. The van der Waals surface area contributed by atoms with Gasteiger partial charge in [-0.3, -0.25) is 4.98 Å². The normalized spacial score (nSPS) is 16.7. The summed E-state index contributed by atoms with van der Waals surface area (Å²) in [6.07, 6.45) is 2.94. The van der Waals surface area contributed by atoms with Gasteiger partial charge in [-0.05, 0) is 29.9 Å². The molecule has 0 aliphatic carbocycles. The van der Waals surface area contributed by atoms with E-state index in [-0.39, 0.29) is 18.5 Å². The number of carbonyl (C=O) groups is 2. The maximum Gasteiger partial charge on any atom is 0.341 e. The molecule has 2 aromatic rings. The second-order valence-electron chi connectivity index (χ2n) is 5.59. The number of nitrogens with zero attached hydrogens (tertiary/aromatic N) is 5. The van der Waals surface area contributed by atoms with Crippen LogP contribution in [0.3, 0.4) is 0 Å². The van der Waals surface area contributed by atoms with Crippen LogP contribution in [0.5, 0.6) is 5.19 Å². The number of alkyl halides is 1. The molecule has 0 N–H and O–H groups in total. The van der Waals surface area contributed by atoms with Crippen LogP contribution in [0, 0.1) is 0 Å². The number of pyridine rings is 1. The van der Waals surface area contributed by atoms with Crippen LogP contribution in [0.4, 0.5) is 9.93 Å². The lowest BCUT2D eigenvalue weighted by atomic mass is 10.3. The number of halogens is 1. The van der Waals surface area contributed by atoms with Gasteiger partial charge in [0.1, 0.15) is 0 Å². The first-order valence-electron chi connectivity index (χ1n) is 8.35. The smallest absolute Gasteiger partial charge is 0.341 e. The number of carbonyl (C=O) groups excluding carboxylic acids is 2. The van der Waals surface area contributed by atoms with Gasteiger partial charge in [0.2, 0.25) is 11.4 Å². The highest BCUT2D eigenvalue weighted by atomic mass is 35.5. The molecule has 0 bridgehead atoms. The molecule has 0 saturated carbocycles. The quantitative estimate of drug-likeness (QED) is 0.485. The van der Waals surface area contributed by atoms with E-state index in [4.69, 9.17) is 21.1 Å². The number of hydrogen-bond donors (Lipinski definition) is 0. The van der Waals surface area contributed by atoms with Crippen molar-refractivity contribution >= 4 is 40.1 Å². The number of hydrogen-bond acceptors (Lipinski definition) is 8. The third kappa shape index (κ3) is 4.45. The topological polar surface area (TPSA) is 97.8 Å². The fourth-order valence-corrected chi connectivity index (χ4v) is 3.39. The molecule has 0 aromatic carbocycles. The molecule has 1 saturated heterocycles. The molecular formula is C16H18ClN5O4S. The minimum atomic E-state index is -0.847. The molecule has 0 radical (unpaired) electrons. The Morgan fingerprint density at radius 2 is 2.30 bits per heavy atom. The Bertz CT molecular complexity index is 790. The Morgan fingerprint density at radius 3 is 3.00 bits per heavy atom. The molecule has 1 fully saturated rings. The van der Waals surface area contributed by atoms with Crippen molar-refractivity contribution in [1.82, 2.24) is 20.1 Å². The summed E-state index contributed by atoms with van der Waals surface area (Å²) in [6, 6.07) is 2.88. The number of amides is 2. The summed E-state index contributed by atoms with van der Waals surface area (Å²) in [5.41, 5.74) is 0.296. The molecular weight excluding hydrogens is 394 g/mol. The van der Waals surface area contributed by atoms with E-state index in [0.29, 0.717) is 29.0 Å². The Balaban J connectivity index is 1.80. The lowest BCUT2D eigenvalue weighted by molar-refractivity contribution is 0.0326. The molecule has 1 unspecified atom stereocenters. The SMILES string of the molecule is CCCOc1nnc(N2C(=O)N(CCCl)CC2OC(=O)c2cccnc2)s1.